The van der Waals surface area contributed by atoms with E-state index < -0.39 is 0 Å². The third-order valence-electron chi connectivity index (χ3n) is 2.31. The van der Waals surface area contributed by atoms with E-state index in [2.05, 4.69) is 24.4 Å². The van der Waals surface area contributed by atoms with Crippen LogP contribution >= 0.6 is 0 Å². The van der Waals surface area contributed by atoms with Crippen molar-refractivity contribution in [2.24, 2.45) is 0 Å². The molecular weight excluding hydrogens is 190 g/mol. The van der Waals surface area contributed by atoms with E-state index in [0.717, 1.165) is 18.7 Å². The molecule has 0 spiro atoms. The molecule has 0 atom stereocenters. The summed E-state index contributed by atoms with van der Waals surface area (Å²) in [7, 11) is 3.37. The monoisotopic (exact) mass is 209 g/mol. The number of hydrogen-bond donors (Lipinski definition) is 1. The third kappa shape index (κ3) is 3.53. The minimum absolute atomic E-state index is 0.555. The molecule has 0 aromatic heterocycles. The minimum atomic E-state index is 0.555. The maximum atomic E-state index is 5.29. The first-order valence-corrected chi connectivity index (χ1v) is 5.17. The van der Waals surface area contributed by atoms with Gasteiger partial charge in [0.1, 0.15) is 5.75 Å². The highest BCUT2D eigenvalue weighted by molar-refractivity contribution is 5.37. The fourth-order valence-corrected chi connectivity index (χ4v) is 1.48. The van der Waals surface area contributed by atoms with Crippen molar-refractivity contribution >= 4 is 0 Å². The van der Waals surface area contributed by atoms with Gasteiger partial charge in [-0.2, -0.15) is 0 Å². The van der Waals surface area contributed by atoms with Crippen LogP contribution in [-0.4, -0.2) is 21.0 Å². The summed E-state index contributed by atoms with van der Waals surface area (Å²) < 4.78 is 10.2. The second-order valence-electron chi connectivity index (χ2n) is 3.36. The lowest BCUT2D eigenvalue weighted by molar-refractivity contribution is 0.174. The number of hydrogen-bond acceptors (Lipinski definition) is 3. The number of methoxy groups -OCH3 is 2. The molecule has 1 aromatic carbocycles. The summed E-state index contributed by atoms with van der Waals surface area (Å²) >= 11 is 0. The summed E-state index contributed by atoms with van der Waals surface area (Å²) in [6, 6.07) is 6.28. The van der Waals surface area contributed by atoms with E-state index in [-0.39, 0.29) is 0 Å². The standard InChI is InChI=1S/C12H19NO2/c1-4-10-5-6-12(15-3)11(7-10)8-13-9-14-2/h5-7,13H,4,8-9H2,1-3H3. The van der Waals surface area contributed by atoms with Crippen molar-refractivity contribution in [2.45, 2.75) is 19.9 Å². The lowest BCUT2D eigenvalue weighted by atomic mass is 10.1. The van der Waals surface area contributed by atoms with Gasteiger partial charge < -0.3 is 9.47 Å². The van der Waals surface area contributed by atoms with Crippen molar-refractivity contribution in [1.29, 1.82) is 0 Å². The Morgan fingerprint density at radius 1 is 1.27 bits per heavy atom. The summed E-state index contributed by atoms with van der Waals surface area (Å²) in [5.74, 6) is 0.927. The van der Waals surface area contributed by atoms with Crippen LogP contribution in [-0.2, 0) is 17.7 Å². The Balaban J connectivity index is 2.72. The van der Waals surface area contributed by atoms with Crippen LogP contribution in [0.4, 0.5) is 0 Å². The predicted molar refractivity (Wildman–Crippen MR) is 61.1 cm³/mol. The molecule has 0 saturated heterocycles. The molecule has 3 heteroatoms. The average Bonchev–Trinajstić information content (AvgIpc) is 2.29. The first-order valence-electron chi connectivity index (χ1n) is 5.17. The average molecular weight is 209 g/mol. The van der Waals surface area contributed by atoms with Gasteiger partial charge in [-0.15, -0.1) is 0 Å². The summed E-state index contributed by atoms with van der Waals surface area (Å²) in [6.45, 7) is 3.47. The van der Waals surface area contributed by atoms with E-state index in [1.54, 1.807) is 14.2 Å². The smallest absolute Gasteiger partial charge is 0.123 e. The fraction of sp³-hybridized carbons (Fsp3) is 0.500. The second kappa shape index (κ2) is 6.43. The maximum absolute atomic E-state index is 5.29. The zero-order valence-electron chi connectivity index (χ0n) is 9.67. The highest BCUT2D eigenvalue weighted by Crippen LogP contribution is 2.19. The van der Waals surface area contributed by atoms with Crippen LogP contribution in [0.25, 0.3) is 0 Å². The molecule has 0 aliphatic carbocycles. The molecule has 0 unspecified atom stereocenters. The molecule has 0 radical (unpaired) electrons. The second-order valence-corrected chi connectivity index (χ2v) is 3.36. The van der Waals surface area contributed by atoms with Crippen LogP contribution in [0.3, 0.4) is 0 Å². The van der Waals surface area contributed by atoms with Crippen molar-refractivity contribution < 1.29 is 9.47 Å². The van der Waals surface area contributed by atoms with Gasteiger partial charge in [0, 0.05) is 19.2 Å². The van der Waals surface area contributed by atoms with Crippen LogP contribution in [0.1, 0.15) is 18.1 Å². The molecule has 1 aromatic rings. The summed E-state index contributed by atoms with van der Waals surface area (Å²) in [4.78, 5) is 0. The van der Waals surface area contributed by atoms with Gasteiger partial charge in [-0.25, -0.2) is 0 Å². The molecule has 15 heavy (non-hydrogen) atoms. The topological polar surface area (TPSA) is 30.5 Å². The Morgan fingerprint density at radius 2 is 2.07 bits per heavy atom. The molecule has 0 fully saturated rings. The van der Waals surface area contributed by atoms with Crippen molar-refractivity contribution in [3.63, 3.8) is 0 Å². The quantitative estimate of drug-likeness (QED) is 0.574. The van der Waals surface area contributed by atoms with E-state index in [9.17, 15) is 0 Å². The molecule has 0 amide bonds. The van der Waals surface area contributed by atoms with Gasteiger partial charge in [0.2, 0.25) is 0 Å². The zero-order valence-corrected chi connectivity index (χ0v) is 9.67. The van der Waals surface area contributed by atoms with Crippen LogP contribution in [0.2, 0.25) is 0 Å². The van der Waals surface area contributed by atoms with E-state index in [1.165, 1.54) is 11.1 Å². The highest BCUT2D eigenvalue weighted by Gasteiger charge is 2.03. The number of rotatable bonds is 6. The first kappa shape index (κ1) is 12.0. The summed E-state index contributed by atoms with van der Waals surface area (Å²) in [5, 5.41) is 3.18. The Labute approximate surface area is 91.4 Å². The molecule has 1 rings (SSSR count). The SMILES string of the molecule is CCc1ccc(OC)c(CNCOC)c1. The molecule has 0 saturated carbocycles. The van der Waals surface area contributed by atoms with Crippen molar-refractivity contribution in [1.82, 2.24) is 5.32 Å². The molecule has 1 N–H and O–H groups in total. The normalized spacial score (nSPS) is 10.3. The van der Waals surface area contributed by atoms with E-state index in [1.807, 2.05) is 6.07 Å². The largest absolute Gasteiger partial charge is 0.496 e. The van der Waals surface area contributed by atoms with E-state index in [0.29, 0.717) is 6.73 Å². The Kier molecular flexibility index (Phi) is 5.15. The Hall–Kier alpha value is -1.06. The Bertz CT molecular complexity index is 300. The fourth-order valence-electron chi connectivity index (χ4n) is 1.48. The van der Waals surface area contributed by atoms with Crippen LogP contribution in [0, 0.1) is 0 Å². The predicted octanol–water partition coefficient (Wildman–Crippen LogP) is 1.95. The van der Waals surface area contributed by atoms with Gasteiger partial charge in [0.25, 0.3) is 0 Å². The van der Waals surface area contributed by atoms with Gasteiger partial charge in [-0.1, -0.05) is 19.1 Å². The Morgan fingerprint density at radius 3 is 2.67 bits per heavy atom. The summed E-state index contributed by atoms with van der Waals surface area (Å²) in [5.41, 5.74) is 2.50. The van der Waals surface area contributed by atoms with Crippen molar-refractivity contribution in [3.05, 3.63) is 29.3 Å². The minimum Gasteiger partial charge on any atom is -0.496 e. The molecule has 0 aliphatic heterocycles. The lowest BCUT2D eigenvalue weighted by Gasteiger charge is -2.10. The van der Waals surface area contributed by atoms with Crippen LogP contribution < -0.4 is 10.1 Å². The number of benzene rings is 1. The van der Waals surface area contributed by atoms with E-state index in [4.69, 9.17) is 9.47 Å². The van der Waals surface area contributed by atoms with E-state index >= 15 is 0 Å². The van der Waals surface area contributed by atoms with Crippen LogP contribution in [0.5, 0.6) is 5.75 Å². The number of nitrogens with one attached hydrogen (secondary N) is 1. The molecule has 0 heterocycles. The first-order chi connectivity index (χ1) is 7.31. The lowest BCUT2D eigenvalue weighted by Crippen LogP contribution is -2.16. The van der Waals surface area contributed by atoms with Gasteiger partial charge in [-0.3, -0.25) is 5.32 Å². The van der Waals surface area contributed by atoms with Crippen LogP contribution in [0.15, 0.2) is 18.2 Å². The van der Waals surface area contributed by atoms with Crippen molar-refractivity contribution in [2.75, 3.05) is 21.0 Å². The molecule has 3 nitrogen and oxygen atoms in total. The van der Waals surface area contributed by atoms with Gasteiger partial charge in [-0.05, 0) is 18.1 Å². The highest BCUT2D eigenvalue weighted by atomic mass is 16.5. The molecule has 0 bridgehead atoms. The third-order valence-corrected chi connectivity index (χ3v) is 2.31. The van der Waals surface area contributed by atoms with Gasteiger partial charge in [0.15, 0.2) is 0 Å². The number of aryl methyl sites for hydroxylation is 1. The summed E-state index contributed by atoms with van der Waals surface area (Å²) in [6.07, 6.45) is 1.04. The zero-order chi connectivity index (χ0) is 11.1. The van der Waals surface area contributed by atoms with Gasteiger partial charge in [0.05, 0.1) is 13.8 Å². The molecule has 84 valence electrons. The van der Waals surface area contributed by atoms with Crippen molar-refractivity contribution in [3.8, 4) is 5.75 Å². The maximum Gasteiger partial charge on any atom is 0.123 e. The molecular formula is C12H19NO2. The number of ether oxygens (including phenoxy) is 2. The molecule has 0 aliphatic rings. The van der Waals surface area contributed by atoms with Gasteiger partial charge >= 0.3 is 0 Å².